The summed E-state index contributed by atoms with van der Waals surface area (Å²) in [5.41, 5.74) is 1.79. The van der Waals surface area contributed by atoms with Crippen LogP contribution in [0.2, 0.25) is 10.0 Å². The predicted octanol–water partition coefficient (Wildman–Crippen LogP) is 3.94. The fourth-order valence-corrected chi connectivity index (χ4v) is 3.47. The van der Waals surface area contributed by atoms with Gasteiger partial charge in [-0.05, 0) is 25.5 Å². The lowest BCUT2D eigenvalue weighted by atomic mass is 10.2. The van der Waals surface area contributed by atoms with Crippen LogP contribution in [0.25, 0.3) is 10.7 Å². The molecule has 0 amide bonds. The van der Waals surface area contributed by atoms with Crippen LogP contribution in [0.1, 0.15) is 24.6 Å². The number of pyridine rings is 1. The van der Waals surface area contributed by atoms with Crippen molar-refractivity contribution in [2.45, 2.75) is 18.9 Å². The highest BCUT2D eigenvalue weighted by molar-refractivity contribution is 7.13. The first kappa shape index (κ1) is 12.4. The van der Waals surface area contributed by atoms with Crippen LogP contribution in [0, 0.1) is 0 Å². The maximum atomic E-state index is 6.14. The molecule has 0 aliphatic carbocycles. The van der Waals surface area contributed by atoms with Gasteiger partial charge in [0.2, 0.25) is 0 Å². The van der Waals surface area contributed by atoms with E-state index in [2.05, 4.69) is 20.7 Å². The second-order valence-corrected chi connectivity index (χ2v) is 5.91. The van der Waals surface area contributed by atoms with Gasteiger partial charge in [0.1, 0.15) is 10.7 Å². The SMILES string of the molecule is Clc1cnc(-c2nc([C@@H]3CCCN3)cs2)c(Cl)c1. The lowest BCUT2D eigenvalue weighted by molar-refractivity contribution is 0.632. The molecule has 0 radical (unpaired) electrons. The fraction of sp³-hybridized carbons (Fsp3) is 0.333. The molecular weight excluding hydrogens is 289 g/mol. The number of halogens is 2. The summed E-state index contributed by atoms with van der Waals surface area (Å²) in [6.07, 6.45) is 3.94. The summed E-state index contributed by atoms with van der Waals surface area (Å²) in [6.45, 7) is 1.07. The van der Waals surface area contributed by atoms with Crippen LogP contribution < -0.4 is 5.32 Å². The number of aromatic nitrogens is 2. The Morgan fingerprint density at radius 1 is 1.39 bits per heavy atom. The number of hydrogen-bond donors (Lipinski definition) is 1. The van der Waals surface area contributed by atoms with E-state index in [4.69, 9.17) is 23.2 Å². The van der Waals surface area contributed by atoms with Crippen molar-refractivity contribution in [3.8, 4) is 10.7 Å². The molecule has 1 fully saturated rings. The van der Waals surface area contributed by atoms with Crippen LogP contribution >= 0.6 is 34.5 Å². The maximum Gasteiger partial charge on any atom is 0.143 e. The zero-order valence-electron chi connectivity index (χ0n) is 9.49. The van der Waals surface area contributed by atoms with Crippen LogP contribution in [0.4, 0.5) is 0 Å². The Morgan fingerprint density at radius 3 is 3.00 bits per heavy atom. The van der Waals surface area contributed by atoms with E-state index in [0.717, 1.165) is 23.7 Å². The van der Waals surface area contributed by atoms with Gasteiger partial charge in [-0.1, -0.05) is 23.2 Å². The molecule has 6 heteroatoms. The summed E-state index contributed by atoms with van der Waals surface area (Å²) >= 11 is 13.5. The standard InChI is InChI=1S/C12H11Cl2N3S/c13-7-4-8(14)11(16-5-7)12-17-10(6-18-12)9-2-1-3-15-9/h4-6,9,15H,1-3H2/t9-/m0/s1. The molecule has 1 saturated heterocycles. The molecule has 0 saturated carbocycles. The minimum absolute atomic E-state index is 0.376. The smallest absolute Gasteiger partial charge is 0.143 e. The van der Waals surface area contributed by atoms with Crippen molar-refractivity contribution in [3.63, 3.8) is 0 Å². The van der Waals surface area contributed by atoms with E-state index in [1.165, 1.54) is 6.42 Å². The van der Waals surface area contributed by atoms with Gasteiger partial charge in [0.05, 0.1) is 21.8 Å². The third kappa shape index (κ3) is 2.38. The minimum Gasteiger partial charge on any atom is -0.309 e. The van der Waals surface area contributed by atoms with Gasteiger partial charge in [0.25, 0.3) is 0 Å². The first-order chi connectivity index (χ1) is 8.74. The molecule has 2 aromatic heterocycles. The molecule has 3 heterocycles. The lowest BCUT2D eigenvalue weighted by Gasteiger charge is -2.05. The highest BCUT2D eigenvalue weighted by Crippen LogP contribution is 2.32. The molecule has 1 atom stereocenters. The Kier molecular flexibility index (Phi) is 3.52. The number of nitrogens with one attached hydrogen (secondary N) is 1. The Hall–Kier alpha value is -0.680. The van der Waals surface area contributed by atoms with Gasteiger partial charge in [-0.2, -0.15) is 0 Å². The van der Waals surface area contributed by atoms with E-state index in [1.807, 2.05) is 0 Å². The minimum atomic E-state index is 0.376. The van der Waals surface area contributed by atoms with Gasteiger partial charge in [-0.25, -0.2) is 4.98 Å². The highest BCUT2D eigenvalue weighted by Gasteiger charge is 2.20. The second kappa shape index (κ2) is 5.13. The van der Waals surface area contributed by atoms with Crippen LogP contribution in [-0.4, -0.2) is 16.5 Å². The number of hydrogen-bond acceptors (Lipinski definition) is 4. The molecule has 3 nitrogen and oxygen atoms in total. The van der Waals surface area contributed by atoms with Crippen molar-refractivity contribution in [2.75, 3.05) is 6.54 Å². The van der Waals surface area contributed by atoms with E-state index >= 15 is 0 Å². The largest absolute Gasteiger partial charge is 0.309 e. The second-order valence-electron chi connectivity index (χ2n) is 4.21. The fourth-order valence-electron chi connectivity index (χ4n) is 2.06. The molecule has 0 aromatic carbocycles. The van der Waals surface area contributed by atoms with Crippen molar-refractivity contribution in [2.24, 2.45) is 0 Å². The van der Waals surface area contributed by atoms with Crippen LogP contribution in [0.15, 0.2) is 17.6 Å². The van der Waals surface area contributed by atoms with Crippen molar-refractivity contribution >= 4 is 34.5 Å². The summed E-state index contributed by atoms with van der Waals surface area (Å²) in [7, 11) is 0. The molecular formula is C12H11Cl2N3S. The average molecular weight is 300 g/mol. The molecule has 94 valence electrons. The molecule has 1 aliphatic rings. The van der Waals surface area contributed by atoms with Crippen molar-refractivity contribution in [1.29, 1.82) is 0 Å². The van der Waals surface area contributed by atoms with Gasteiger partial charge >= 0.3 is 0 Å². The van der Waals surface area contributed by atoms with E-state index in [0.29, 0.717) is 21.8 Å². The Morgan fingerprint density at radius 2 is 2.28 bits per heavy atom. The number of nitrogens with zero attached hydrogens (tertiary/aromatic N) is 2. The highest BCUT2D eigenvalue weighted by atomic mass is 35.5. The van der Waals surface area contributed by atoms with E-state index in [1.54, 1.807) is 23.6 Å². The molecule has 2 aromatic rings. The Bertz CT molecular complexity index is 564. The predicted molar refractivity (Wildman–Crippen MR) is 75.3 cm³/mol. The molecule has 3 rings (SSSR count). The Labute approximate surface area is 119 Å². The van der Waals surface area contributed by atoms with Crippen LogP contribution in [0.3, 0.4) is 0 Å². The molecule has 0 bridgehead atoms. The van der Waals surface area contributed by atoms with Gasteiger partial charge in [0, 0.05) is 11.6 Å². The van der Waals surface area contributed by atoms with Gasteiger partial charge in [-0.15, -0.1) is 11.3 Å². The van der Waals surface area contributed by atoms with Crippen molar-refractivity contribution in [1.82, 2.24) is 15.3 Å². The molecule has 1 N–H and O–H groups in total. The summed E-state index contributed by atoms with van der Waals surface area (Å²) in [4.78, 5) is 8.87. The first-order valence-corrected chi connectivity index (χ1v) is 7.38. The summed E-state index contributed by atoms with van der Waals surface area (Å²) in [6, 6.07) is 2.07. The third-order valence-corrected chi connectivity index (χ3v) is 4.31. The molecule has 1 aliphatic heterocycles. The number of rotatable bonds is 2. The zero-order valence-corrected chi connectivity index (χ0v) is 11.8. The van der Waals surface area contributed by atoms with E-state index in [-0.39, 0.29) is 0 Å². The topological polar surface area (TPSA) is 37.8 Å². The molecule has 0 unspecified atom stereocenters. The molecule has 0 spiro atoms. The normalized spacial score (nSPS) is 19.3. The van der Waals surface area contributed by atoms with E-state index in [9.17, 15) is 0 Å². The summed E-state index contributed by atoms with van der Waals surface area (Å²) < 4.78 is 0. The zero-order chi connectivity index (χ0) is 12.5. The summed E-state index contributed by atoms with van der Waals surface area (Å²) in [5.74, 6) is 0. The number of thiazole rings is 1. The lowest BCUT2D eigenvalue weighted by Crippen LogP contribution is -2.12. The Balaban J connectivity index is 1.92. The van der Waals surface area contributed by atoms with Gasteiger partial charge in [0.15, 0.2) is 0 Å². The maximum absolute atomic E-state index is 6.14. The van der Waals surface area contributed by atoms with Crippen molar-refractivity contribution in [3.05, 3.63) is 33.4 Å². The van der Waals surface area contributed by atoms with E-state index < -0.39 is 0 Å². The van der Waals surface area contributed by atoms with Gasteiger partial charge in [-0.3, -0.25) is 4.98 Å². The van der Waals surface area contributed by atoms with Crippen LogP contribution in [-0.2, 0) is 0 Å². The van der Waals surface area contributed by atoms with Crippen LogP contribution in [0.5, 0.6) is 0 Å². The monoisotopic (exact) mass is 299 g/mol. The first-order valence-electron chi connectivity index (χ1n) is 5.74. The van der Waals surface area contributed by atoms with Crippen molar-refractivity contribution < 1.29 is 0 Å². The summed E-state index contributed by atoms with van der Waals surface area (Å²) in [5, 5.41) is 7.44. The molecule has 18 heavy (non-hydrogen) atoms. The third-order valence-electron chi connectivity index (χ3n) is 2.95. The van der Waals surface area contributed by atoms with Gasteiger partial charge < -0.3 is 5.32 Å². The quantitative estimate of drug-likeness (QED) is 0.913. The average Bonchev–Trinajstić information content (AvgIpc) is 2.99.